The second-order valence-electron chi connectivity index (χ2n) is 1.48. The van der Waals surface area contributed by atoms with Gasteiger partial charge in [0.1, 0.15) is 5.76 Å². The molecule has 9 heavy (non-hydrogen) atoms. The van der Waals surface area contributed by atoms with Crippen LogP contribution in [0.3, 0.4) is 0 Å². The van der Waals surface area contributed by atoms with E-state index in [0.717, 1.165) is 0 Å². The van der Waals surface area contributed by atoms with E-state index in [1.54, 1.807) is 12.2 Å². The van der Waals surface area contributed by atoms with Crippen molar-refractivity contribution in [1.29, 1.82) is 5.26 Å². The van der Waals surface area contributed by atoms with Crippen LogP contribution in [0.25, 0.3) is 0 Å². The minimum absolute atomic E-state index is 0.583. The van der Waals surface area contributed by atoms with Crippen LogP contribution in [-0.2, 0) is 4.74 Å². The number of hydrogen-bond donors (Lipinski definition) is 0. The Morgan fingerprint density at radius 2 is 2.44 bits per heavy atom. The molecule has 2 heteroatoms. The van der Waals surface area contributed by atoms with Crippen molar-refractivity contribution in [3.05, 3.63) is 36.3 Å². The van der Waals surface area contributed by atoms with E-state index in [-0.39, 0.29) is 0 Å². The molecule has 0 fully saturated rings. The Kier molecular flexibility index (Phi) is 1.71. The highest BCUT2D eigenvalue weighted by Gasteiger charge is 1.90. The minimum Gasteiger partial charge on any atom is -0.464 e. The number of rotatable bonds is 0. The van der Waals surface area contributed by atoms with Crippen LogP contribution in [0.4, 0.5) is 0 Å². The molecular weight excluding hydrogens is 114 g/mol. The first-order chi connectivity index (χ1) is 4.43. The van der Waals surface area contributed by atoms with Gasteiger partial charge in [0.15, 0.2) is 0 Å². The highest BCUT2D eigenvalue weighted by atomic mass is 16.5. The SMILES string of the molecule is N#CC=C1C=CC=CO1. The Morgan fingerprint density at radius 1 is 1.56 bits per heavy atom. The lowest BCUT2D eigenvalue weighted by atomic mass is 10.3. The highest BCUT2D eigenvalue weighted by molar-refractivity contribution is 5.25. The minimum atomic E-state index is 0.583. The molecule has 2 nitrogen and oxygen atoms in total. The Balaban J connectivity index is 2.69. The molecule has 1 aliphatic heterocycles. The van der Waals surface area contributed by atoms with Crippen molar-refractivity contribution >= 4 is 0 Å². The first kappa shape index (κ1) is 5.64. The van der Waals surface area contributed by atoms with Crippen molar-refractivity contribution in [3.8, 4) is 6.07 Å². The smallest absolute Gasteiger partial charge is 0.136 e. The molecule has 0 N–H and O–H groups in total. The van der Waals surface area contributed by atoms with Crippen LogP contribution in [0.1, 0.15) is 0 Å². The highest BCUT2D eigenvalue weighted by Crippen LogP contribution is 2.04. The zero-order chi connectivity index (χ0) is 6.53. The maximum absolute atomic E-state index is 8.15. The van der Waals surface area contributed by atoms with E-state index in [0.29, 0.717) is 5.76 Å². The average molecular weight is 119 g/mol. The van der Waals surface area contributed by atoms with E-state index in [4.69, 9.17) is 10.00 Å². The molecule has 0 aliphatic carbocycles. The van der Waals surface area contributed by atoms with Crippen LogP contribution in [-0.4, -0.2) is 0 Å². The molecule has 0 atom stereocenters. The largest absolute Gasteiger partial charge is 0.464 e. The van der Waals surface area contributed by atoms with Crippen molar-refractivity contribution < 1.29 is 4.74 Å². The first-order valence-corrected chi connectivity index (χ1v) is 2.53. The van der Waals surface area contributed by atoms with Crippen molar-refractivity contribution in [2.75, 3.05) is 0 Å². The van der Waals surface area contributed by atoms with Gasteiger partial charge in [-0.25, -0.2) is 0 Å². The first-order valence-electron chi connectivity index (χ1n) is 2.53. The van der Waals surface area contributed by atoms with Crippen LogP contribution in [0.2, 0.25) is 0 Å². The predicted octanol–water partition coefficient (Wildman–Crippen LogP) is 1.49. The molecule has 0 spiro atoms. The topological polar surface area (TPSA) is 33.0 Å². The zero-order valence-corrected chi connectivity index (χ0v) is 4.74. The fourth-order valence-electron chi connectivity index (χ4n) is 0.499. The third-order valence-corrected chi connectivity index (χ3v) is 0.861. The summed E-state index contributed by atoms with van der Waals surface area (Å²) in [5, 5.41) is 8.15. The van der Waals surface area contributed by atoms with Crippen LogP contribution < -0.4 is 0 Å². The molecular formula is C7H5NO. The molecule has 0 aromatic carbocycles. The predicted molar refractivity (Wildman–Crippen MR) is 33.1 cm³/mol. The van der Waals surface area contributed by atoms with Gasteiger partial charge in [-0.1, -0.05) is 6.08 Å². The summed E-state index contributed by atoms with van der Waals surface area (Å²) in [6.45, 7) is 0. The van der Waals surface area contributed by atoms with Gasteiger partial charge in [0, 0.05) is 0 Å². The lowest BCUT2D eigenvalue weighted by Gasteiger charge is -2.00. The number of nitrogens with zero attached hydrogens (tertiary/aromatic N) is 1. The van der Waals surface area contributed by atoms with Gasteiger partial charge >= 0.3 is 0 Å². The number of ether oxygens (including phenoxy) is 1. The summed E-state index contributed by atoms with van der Waals surface area (Å²) in [4.78, 5) is 0. The van der Waals surface area contributed by atoms with Gasteiger partial charge in [0.05, 0.1) is 18.4 Å². The molecule has 0 saturated heterocycles. The maximum atomic E-state index is 8.15. The summed E-state index contributed by atoms with van der Waals surface area (Å²) in [6.07, 6.45) is 8.17. The van der Waals surface area contributed by atoms with Crippen LogP contribution in [0.5, 0.6) is 0 Å². The number of allylic oxidation sites excluding steroid dienone is 4. The van der Waals surface area contributed by atoms with Gasteiger partial charge in [0.2, 0.25) is 0 Å². The number of hydrogen-bond acceptors (Lipinski definition) is 2. The Bertz CT molecular complexity index is 218. The zero-order valence-electron chi connectivity index (χ0n) is 4.74. The summed E-state index contributed by atoms with van der Waals surface area (Å²) >= 11 is 0. The quantitative estimate of drug-likeness (QED) is 0.452. The summed E-state index contributed by atoms with van der Waals surface area (Å²) in [5.74, 6) is 0.583. The van der Waals surface area contributed by atoms with Gasteiger partial charge in [-0.15, -0.1) is 0 Å². The van der Waals surface area contributed by atoms with E-state index < -0.39 is 0 Å². The fourth-order valence-corrected chi connectivity index (χ4v) is 0.499. The standard InChI is InChI=1S/C7H5NO/c8-5-4-7-3-1-2-6-9-7/h1-4,6H. The van der Waals surface area contributed by atoms with Gasteiger partial charge < -0.3 is 4.74 Å². The number of nitriles is 1. The van der Waals surface area contributed by atoms with Crippen LogP contribution >= 0.6 is 0 Å². The van der Waals surface area contributed by atoms with Crippen LogP contribution in [0.15, 0.2) is 36.3 Å². The molecule has 0 aromatic rings. The monoisotopic (exact) mass is 119 g/mol. The van der Waals surface area contributed by atoms with E-state index >= 15 is 0 Å². The van der Waals surface area contributed by atoms with E-state index in [2.05, 4.69) is 0 Å². The van der Waals surface area contributed by atoms with Crippen molar-refractivity contribution in [2.24, 2.45) is 0 Å². The normalized spacial score (nSPS) is 19.2. The lowest BCUT2D eigenvalue weighted by Crippen LogP contribution is -1.82. The summed E-state index contributed by atoms with van der Waals surface area (Å²) in [6, 6.07) is 1.87. The van der Waals surface area contributed by atoms with Gasteiger partial charge in [-0.2, -0.15) is 5.26 Å². The van der Waals surface area contributed by atoms with Crippen molar-refractivity contribution in [1.82, 2.24) is 0 Å². The third kappa shape index (κ3) is 1.46. The average Bonchev–Trinajstić information content (AvgIpc) is 1.91. The summed E-state index contributed by atoms with van der Waals surface area (Å²) < 4.78 is 4.89. The van der Waals surface area contributed by atoms with E-state index in [1.807, 2.05) is 12.1 Å². The molecule has 1 heterocycles. The molecule has 0 saturated carbocycles. The molecule has 1 rings (SSSR count). The third-order valence-electron chi connectivity index (χ3n) is 0.861. The fraction of sp³-hybridized carbons (Fsp3) is 0. The van der Waals surface area contributed by atoms with Gasteiger partial charge in [0.25, 0.3) is 0 Å². The summed E-state index contributed by atoms with van der Waals surface area (Å²) in [5.41, 5.74) is 0. The Hall–Kier alpha value is -1.49. The van der Waals surface area contributed by atoms with E-state index in [1.165, 1.54) is 12.3 Å². The Morgan fingerprint density at radius 3 is 3.00 bits per heavy atom. The summed E-state index contributed by atoms with van der Waals surface area (Å²) in [7, 11) is 0. The van der Waals surface area contributed by atoms with Gasteiger partial charge in [-0.05, 0) is 12.2 Å². The maximum Gasteiger partial charge on any atom is 0.136 e. The second kappa shape index (κ2) is 2.73. The van der Waals surface area contributed by atoms with Gasteiger partial charge in [-0.3, -0.25) is 0 Å². The van der Waals surface area contributed by atoms with Crippen molar-refractivity contribution in [3.63, 3.8) is 0 Å². The second-order valence-corrected chi connectivity index (χ2v) is 1.48. The molecule has 1 aliphatic rings. The van der Waals surface area contributed by atoms with E-state index in [9.17, 15) is 0 Å². The van der Waals surface area contributed by atoms with Crippen LogP contribution in [0, 0.1) is 11.3 Å². The molecule has 44 valence electrons. The van der Waals surface area contributed by atoms with Crippen molar-refractivity contribution in [2.45, 2.75) is 0 Å². The lowest BCUT2D eigenvalue weighted by molar-refractivity contribution is 0.365. The molecule has 0 radical (unpaired) electrons. The molecule has 0 amide bonds. The molecule has 0 unspecified atom stereocenters. The Labute approximate surface area is 53.4 Å². The molecule has 0 aromatic heterocycles. The molecule has 0 bridgehead atoms.